The topological polar surface area (TPSA) is 94.6 Å². The Balaban J connectivity index is 1.63. The average molecular weight is 352 g/mol. The second-order valence-corrected chi connectivity index (χ2v) is 6.27. The number of hydrogen-bond acceptors (Lipinski definition) is 7. The fourth-order valence-corrected chi connectivity index (χ4v) is 3.06. The zero-order valence-corrected chi connectivity index (χ0v) is 14.6. The molecule has 0 amide bonds. The van der Waals surface area contributed by atoms with Crippen LogP contribution in [0.4, 0.5) is 5.95 Å². The highest BCUT2D eigenvalue weighted by Crippen LogP contribution is 2.15. The van der Waals surface area contributed by atoms with Crippen molar-refractivity contribution in [2.24, 2.45) is 0 Å². The molecule has 0 bridgehead atoms. The minimum atomic E-state index is -0.0331. The minimum absolute atomic E-state index is 0.0331. The maximum absolute atomic E-state index is 12.5. The number of rotatable bonds is 4. The molecule has 9 heteroatoms. The largest absolute Gasteiger partial charge is 0.333 e. The third kappa shape index (κ3) is 3.32. The summed E-state index contributed by atoms with van der Waals surface area (Å²) >= 11 is 0. The number of fused-ring (bicyclic) bond motifs is 1. The van der Waals surface area contributed by atoms with Gasteiger partial charge in [-0.1, -0.05) is 6.92 Å². The quantitative estimate of drug-likeness (QED) is 0.680. The summed E-state index contributed by atoms with van der Waals surface area (Å²) in [4.78, 5) is 32.2. The molecule has 0 radical (unpaired) electrons. The van der Waals surface area contributed by atoms with Crippen LogP contribution in [0.3, 0.4) is 0 Å². The van der Waals surface area contributed by atoms with Gasteiger partial charge in [0.15, 0.2) is 0 Å². The molecule has 0 atom stereocenters. The number of anilines is 1. The standard InChI is InChI=1S/C17H20N8O/c1-2-13-7-19-17(20-8-13)23-4-3-5-25-15(10-23)22-14(6-16(25)26)9-24-12-18-11-21-24/h6-8,11-12H,2-5,9-10H2,1H3. The molecule has 3 aromatic rings. The van der Waals surface area contributed by atoms with Gasteiger partial charge in [-0.05, 0) is 18.4 Å². The molecular weight excluding hydrogens is 332 g/mol. The number of aryl methyl sites for hydroxylation is 1. The van der Waals surface area contributed by atoms with Crippen LogP contribution in [0.1, 0.15) is 30.4 Å². The van der Waals surface area contributed by atoms with Gasteiger partial charge in [0.1, 0.15) is 18.5 Å². The fourth-order valence-electron chi connectivity index (χ4n) is 3.06. The normalized spacial score (nSPS) is 14.1. The van der Waals surface area contributed by atoms with E-state index in [-0.39, 0.29) is 5.56 Å². The first kappa shape index (κ1) is 16.4. The second kappa shape index (κ2) is 7.03. The molecule has 1 aliphatic heterocycles. The first-order chi connectivity index (χ1) is 12.7. The Hall–Kier alpha value is -3.10. The summed E-state index contributed by atoms with van der Waals surface area (Å²) in [6.07, 6.45) is 8.54. The van der Waals surface area contributed by atoms with Crippen LogP contribution in [0.5, 0.6) is 0 Å². The third-order valence-corrected chi connectivity index (χ3v) is 4.46. The molecule has 0 unspecified atom stereocenters. The van der Waals surface area contributed by atoms with Crippen molar-refractivity contribution in [1.29, 1.82) is 0 Å². The average Bonchev–Trinajstić information content (AvgIpc) is 3.06. The van der Waals surface area contributed by atoms with Crippen molar-refractivity contribution in [2.75, 3.05) is 11.4 Å². The Morgan fingerprint density at radius 1 is 1.19 bits per heavy atom. The molecule has 0 aromatic carbocycles. The van der Waals surface area contributed by atoms with Gasteiger partial charge in [-0.3, -0.25) is 9.36 Å². The summed E-state index contributed by atoms with van der Waals surface area (Å²) in [6, 6.07) is 1.58. The van der Waals surface area contributed by atoms with Gasteiger partial charge < -0.3 is 4.90 Å². The van der Waals surface area contributed by atoms with Crippen LogP contribution in [0.15, 0.2) is 35.9 Å². The lowest BCUT2D eigenvalue weighted by molar-refractivity contribution is 0.604. The first-order valence-corrected chi connectivity index (χ1v) is 8.71. The van der Waals surface area contributed by atoms with Gasteiger partial charge in [-0.15, -0.1) is 0 Å². The van der Waals surface area contributed by atoms with Gasteiger partial charge in [0.25, 0.3) is 5.56 Å². The molecule has 1 aliphatic rings. The maximum Gasteiger partial charge on any atom is 0.253 e. The van der Waals surface area contributed by atoms with Gasteiger partial charge in [0, 0.05) is 31.5 Å². The van der Waals surface area contributed by atoms with E-state index in [1.54, 1.807) is 21.6 Å². The monoisotopic (exact) mass is 352 g/mol. The molecule has 3 aromatic heterocycles. The molecule has 0 saturated heterocycles. The Labute approximate surface area is 150 Å². The summed E-state index contributed by atoms with van der Waals surface area (Å²) in [5.74, 6) is 1.40. The molecule has 0 saturated carbocycles. The van der Waals surface area contributed by atoms with Gasteiger partial charge >= 0.3 is 0 Å². The molecule has 0 fully saturated rings. The van der Waals surface area contributed by atoms with Crippen LogP contribution < -0.4 is 10.5 Å². The van der Waals surface area contributed by atoms with Crippen molar-refractivity contribution in [3.05, 3.63) is 58.6 Å². The number of aromatic nitrogens is 7. The van der Waals surface area contributed by atoms with Crippen molar-refractivity contribution in [3.63, 3.8) is 0 Å². The Morgan fingerprint density at radius 3 is 2.77 bits per heavy atom. The molecular formula is C17H20N8O. The highest BCUT2D eigenvalue weighted by Gasteiger charge is 2.19. The number of nitrogens with zero attached hydrogens (tertiary/aromatic N) is 8. The third-order valence-electron chi connectivity index (χ3n) is 4.46. The van der Waals surface area contributed by atoms with Crippen LogP contribution in [0.2, 0.25) is 0 Å². The maximum atomic E-state index is 12.5. The van der Waals surface area contributed by atoms with Crippen LogP contribution >= 0.6 is 0 Å². The predicted molar refractivity (Wildman–Crippen MR) is 94.7 cm³/mol. The van der Waals surface area contributed by atoms with Gasteiger partial charge in [0.2, 0.25) is 5.95 Å². The zero-order chi connectivity index (χ0) is 17.9. The molecule has 0 aliphatic carbocycles. The summed E-state index contributed by atoms with van der Waals surface area (Å²) in [6.45, 7) is 4.44. The van der Waals surface area contributed by atoms with Crippen LogP contribution in [0, 0.1) is 0 Å². The minimum Gasteiger partial charge on any atom is -0.333 e. The highest BCUT2D eigenvalue weighted by molar-refractivity contribution is 5.31. The van der Waals surface area contributed by atoms with E-state index in [1.165, 1.54) is 6.33 Å². The Morgan fingerprint density at radius 2 is 2.04 bits per heavy atom. The number of hydrogen-bond donors (Lipinski definition) is 0. The Kier molecular flexibility index (Phi) is 4.42. The van der Waals surface area contributed by atoms with Crippen LogP contribution in [0.25, 0.3) is 0 Å². The van der Waals surface area contributed by atoms with E-state index in [4.69, 9.17) is 4.98 Å². The molecule has 26 heavy (non-hydrogen) atoms. The van der Waals surface area contributed by atoms with E-state index >= 15 is 0 Å². The molecule has 134 valence electrons. The van der Waals surface area contributed by atoms with E-state index in [0.717, 1.165) is 30.8 Å². The van der Waals surface area contributed by atoms with Crippen molar-refractivity contribution in [1.82, 2.24) is 34.3 Å². The molecule has 0 N–H and O–H groups in total. The predicted octanol–water partition coefficient (Wildman–Crippen LogP) is 0.646. The van der Waals surface area contributed by atoms with Gasteiger partial charge in [0.05, 0.1) is 18.8 Å². The SMILES string of the molecule is CCc1cnc(N2CCCn3c(nc(Cn4cncn4)cc3=O)C2)nc1. The summed E-state index contributed by atoms with van der Waals surface area (Å²) < 4.78 is 3.39. The van der Waals surface area contributed by atoms with Crippen molar-refractivity contribution < 1.29 is 0 Å². The lowest BCUT2D eigenvalue weighted by Gasteiger charge is -2.20. The molecule has 0 spiro atoms. The fraction of sp³-hybridized carbons (Fsp3) is 0.412. The lowest BCUT2D eigenvalue weighted by Crippen LogP contribution is -2.28. The highest BCUT2D eigenvalue weighted by atomic mass is 16.1. The summed E-state index contributed by atoms with van der Waals surface area (Å²) in [5, 5.41) is 4.08. The summed E-state index contributed by atoms with van der Waals surface area (Å²) in [5.41, 5.74) is 1.75. The molecule has 4 rings (SSSR count). The van der Waals surface area contributed by atoms with E-state index in [0.29, 0.717) is 31.3 Å². The van der Waals surface area contributed by atoms with Crippen molar-refractivity contribution >= 4 is 5.95 Å². The van der Waals surface area contributed by atoms with Crippen molar-refractivity contribution in [2.45, 2.75) is 39.4 Å². The van der Waals surface area contributed by atoms with Crippen molar-refractivity contribution in [3.8, 4) is 0 Å². The zero-order valence-electron chi connectivity index (χ0n) is 14.6. The van der Waals surface area contributed by atoms with E-state index < -0.39 is 0 Å². The smallest absolute Gasteiger partial charge is 0.253 e. The van der Waals surface area contributed by atoms with Crippen LogP contribution in [-0.2, 0) is 26.1 Å². The summed E-state index contributed by atoms with van der Waals surface area (Å²) in [7, 11) is 0. The first-order valence-electron chi connectivity index (χ1n) is 8.71. The van der Waals surface area contributed by atoms with E-state index in [9.17, 15) is 4.79 Å². The second-order valence-electron chi connectivity index (χ2n) is 6.27. The van der Waals surface area contributed by atoms with Gasteiger partial charge in [-0.25, -0.2) is 24.6 Å². The lowest BCUT2D eigenvalue weighted by atomic mass is 10.3. The molecule has 9 nitrogen and oxygen atoms in total. The molecule has 4 heterocycles. The van der Waals surface area contributed by atoms with E-state index in [2.05, 4.69) is 31.9 Å². The Bertz CT molecular complexity index is 932. The van der Waals surface area contributed by atoms with E-state index in [1.807, 2.05) is 12.4 Å². The van der Waals surface area contributed by atoms with Crippen LogP contribution in [-0.4, -0.2) is 40.8 Å². The van der Waals surface area contributed by atoms with Gasteiger partial charge in [-0.2, -0.15) is 5.10 Å².